The van der Waals surface area contributed by atoms with Gasteiger partial charge in [-0.05, 0) is 12.0 Å². The average Bonchev–Trinajstić information content (AvgIpc) is 2.64. The molecule has 1 heterocycles. The molecule has 9 heteroatoms. The van der Waals surface area contributed by atoms with E-state index in [9.17, 15) is 10.1 Å². The van der Waals surface area contributed by atoms with Crippen LogP contribution >= 0.6 is 0 Å². The van der Waals surface area contributed by atoms with Crippen LogP contribution in [0.25, 0.3) is 0 Å². The second kappa shape index (κ2) is 12.7. The lowest BCUT2D eigenvalue weighted by Crippen LogP contribution is -2.50. The van der Waals surface area contributed by atoms with E-state index in [2.05, 4.69) is 32.1 Å². The lowest BCUT2D eigenvalue weighted by atomic mass is 10.1. The molecule has 1 unspecified atom stereocenters. The van der Waals surface area contributed by atoms with Gasteiger partial charge in [-0.3, -0.25) is 21.0 Å². The molecular formula is C17H31N7O2. The predicted octanol–water partition coefficient (Wildman–Crippen LogP) is -1.03. The molecule has 1 aromatic carbocycles. The molecule has 0 bridgehead atoms. The molecule has 0 saturated carbocycles. The molecule has 0 aromatic heterocycles. The molecule has 0 aliphatic carbocycles. The molecule has 1 aliphatic rings. The van der Waals surface area contributed by atoms with Gasteiger partial charge in [-0.25, -0.2) is 0 Å². The lowest BCUT2D eigenvalue weighted by Gasteiger charge is -2.21. The minimum absolute atomic E-state index is 0.127. The first-order chi connectivity index (χ1) is 12.8. The van der Waals surface area contributed by atoms with E-state index < -0.39 is 0 Å². The zero-order valence-electron chi connectivity index (χ0n) is 15.2. The molecule has 6 N–H and O–H groups in total. The molecule has 26 heavy (non-hydrogen) atoms. The van der Waals surface area contributed by atoms with Crippen LogP contribution in [-0.4, -0.2) is 69.9 Å². The van der Waals surface area contributed by atoms with Crippen molar-refractivity contribution < 1.29 is 4.92 Å². The van der Waals surface area contributed by atoms with Gasteiger partial charge >= 0.3 is 0 Å². The van der Waals surface area contributed by atoms with E-state index in [0.29, 0.717) is 0 Å². The van der Waals surface area contributed by atoms with Crippen LogP contribution < -0.4 is 32.1 Å². The number of nitro benzene ring substituents is 1. The van der Waals surface area contributed by atoms with Crippen LogP contribution in [0, 0.1) is 10.1 Å². The second-order valence-electron chi connectivity index (χ2n) is 6.35. The highest BCUT2D eigenvalue weighted by Crippen LogP contribution is 2.13. The number of hydrazine groups is 1. The van der Waals surface area contributed by atoms with Crippen molar-refractivity contribution in [3.63, 3.8) is 0 Å². The van der Waals surface area contributed by atoms with E-state index in [-0.39, 0.29) is 16.7 Å². The van der Waals surface area contributed by atoms with Crippen molar-refractivity contribution in [2.75, 3.05) is 58.9 Å². The smallest absolute Gasteiger partial charge is 0.269 e. The summed E-state index contributed by atoms with van der Waals surface area (Å²) < 4.78 is 0. The van der Waals surface area contributed by atoms with Gasteiger partial charge in [-0.15, -0.1) is 0 Å². The largest absolute Gasteiger partial charge is 0.314 e. The van der Waals surface area contributed by atoms with Gasteiger partial charge in [0.25, 0.3) is 5.69 Å². The fourth-order valence-electron chi connectivity index (χ4n) is 2.76. The zero-order chi connectivity index (χ0) is 18.5. The third kappa shape index (κ3) is 8.65. The summed E-state index contributed by atoms with van der Waals surface area (Å²) in [5.41, 5.74) is 7.84. The summed E-state index contributed by atoms with van der Waals surface area (Å²) in [4.78, 5) is 10.4. The topological polar surface area (TPSA) is 115 Å². The molecular weight excluding hydrogens is 334 g/mol. The molecule has 146 valence electrons. The summed E-state index contributed by atoms with van der Waals surface area (Å²) in [6.07, 6.45) is 0.794. The quantitative estimate of drug-likeness (QED) is 0.298. The van der Waals surface area contributed by atoms with E-state index in [1.807, 2.05) is 12.1 Å². The van der Waals surface area contributed by atoms with E-state index in [1.54, 1.807) is 12.1 Å². The maximum atomic E-state index is 10.8. The van der Waals surface area contributed by atoms with Crippen molar-refractivity contribution in [1.29, 1.82) is 0 Å². The molecule has 1 fully saturated rings. The number of nitro groups is 1. The molecule has 2 rings (SSSR count). The van der Waals surface area contributed by atoms with Crippen molar-refractivity contribution in [1.82, 2.24) is 32.1 Å². The van der Waals surface area contributed by atoms with Gasteiger partial charge in [0.2, 0.25) is 0 Å². The fraction of sp³-hybridized carbons (Fsp3) is 0.647. The van der Waals surface area contributed by atoms with E-state index in [4.69, 9.17) is 0 Å². The monoisotopic (exact) mass is 365 g/mol. The molecule has 9 nitrogen and oxygen atoms in total. The summed E-state index contributed by atoms with van der Waals surface area (Å²) in [5, 5.41) is 24.4. The van der Waals surface area contributed by atoms with Gasteiger partial charge in [-0.1, -0.05) is 12.1 Å². The highest BCUT2D eigenvalue weighted by Gasteiger charge is 2.11. The Labute approximate surface area is 154 Å². The normalized spacial score (nSPS) is 21.9. The Hall–Kier alpha value is -1.62. The van der Waals surface area contributed by atoms with Crippen LogP contribution in [0.4, 0.5) is 5.69 Å². The maximum absolute atomic E-state index is 10.8. The summed E-state index contributed by atoms with van der Waals surface area (Å²) in [6, 6.07) is 6.98. The Kier molecular flexibility index (Phi) is 10.1. The van der Waals surface area contributed by atoms with E-state index >= 15 is 0 Å². The van der Waals surface area contributed by atoms with Crippen molar-refractivity contribution in [3.05, 3.63) is 39.9 Å². The molecule has 0 amide bonds. The number of nitrogens with one attached hydrogen (secondary N) is 6. The third-order valence-electron chi connectivity index (χ3n) is 4.19. The SMILES string of the molecule is O=[N+]([O-])c1ccc(CC2CNCCNCCNCCNCCNN2)cc1. The first-order valence-corrected chi connectivity index (χ1v) is 9.30. The Morgan fingerprint density at radius 1 is 0.846 bits per heavy atom. The predicted molar refractivity (Wildman–Crippen MR) is 103 cm³/mol. The van der Waals surface area contributed by atoms with Gasteiger partial charge in [0, 0.05) is 77.1 Å². The summed E-state index contributed by atoms with van der Waals surface area (Å²) in [5.74, 6) is 0. The Balaban J connectivity index is 1.82. The zero-order valence-corrected chi connectivity index (χ0v) is 15.2. The maximum Gasteiger partial charge on any atom is 0.269 e. The van der Waals surface area contributed by atoms with Crippen LogP contribution in [0.3, 0.4) is 0 Å². The summed E-state index contributed by atoms with van der Waals surface area (Å²) in [6.45, 7) is 8.24. The minimum Gasteiger partial charge on any atom is -0.314 e. The Morgan fingerprint density at radius 3 is 1.96 bits per heavy atom. The Bertz CT molecular complexity index is 496. The number of hydrogen-bond donors (Lipinski definition) is 6. The third-order valence-corrected chi connectivity index (χ3v) is 4.19. The molecule has 1 atom stereocenters. The van der Waals surface area contributed by atoms with Crippen molar-refractivity contribution in [3.8, 4) is 0 Å². The number of nitrogens with zero attached hydrogens (tertiary/aromatic N) is 1. The van der Waals surface area contributed by atoms with E-state index in [1.165, 1.54) is 0 Å². The van der Waals surface area contributed by atoms with Crippen LogP contribution in [0.15, 0.2) is 24.3 Å². The molecule has 1 saturated heterocycles. The van der Waals surface area contributed by atoms with Crippen molar-refractivity contribution >= 4 is 5.69 Å². The molecule has 1 aromatic rings. The first kappa shape index (κ1) is 20.7. The van der Waals surface area contributed by atoms with Gasteiger partial charge in [0.1, 0.15) is 0 Å². The summed E-state index contributed by atoms with van der Waals surface area (Å²) >= 11 is 0. The highest BCUT2D eigenvalue weighted by atomic mass is 16.6. The second-order valence-corrected chi connectivity index (χ2v) is 6.35. The van der Waals surface area contributed by atoms with Crippen molar-refractivity contribution in [2.24, 2.45) is 0 Å². The molecule has 1 aliphatic heterocycles. The molecule has 0 radical (unpaired) electrons. The Morgan fingerprint density at radius 2 is 1.38 bits per heavy atom. The number of non-ortho nitro benzene ring substituents is 1. The van der Waals surface area contributed by atoms with Gasteiger partial charge in [0.05, 0.1) is 4.92 Å². The number of hydrogen-bond acceptors (Lipinski definition) is 8. The van der Waals surface area contributed by atoms with Crippen LogP contribution in [-0.2, 0) is 6.42 Å². The first-order valence-electron chi connectivity index (χ1n) is 9.30. The fourth-order valence-corrected chi connectivity index (χ4v) is 2.76. The number of benzene rings is 1. The van der Waals surface area contributed by atoms with Crippen LogP contribution in [0.2, 0.25) is 0 Å². The lowest BCUT2D eigenvalue weighted by molar-refractivity contribution is -0.384. The average molecular weight is 365 g/mol. The summed E-state index contributed by atoms with van der Waals surface area (Å²) in [7, 11) is 0. The molecule has 0 spiro atoms. The standard InChI is InChI=1S/C17H31N7O2/c25-24(26)17-3-1-15(2-4-17)13-16-14-21-10-9-19-6-5-18-7-8-20-11-12-22-23-16/h1-4,16,18-23H,5-14H2. The highest BCUT2D eigenvalue weighted by molar-refractivity contribution is 5.33. The van der Waals surface area contributed by atoms with Gasteiger partial charge in [-0.2, -0.15) is 0 Å². The van der Waals surface area contributed by atoms with Gasteiger partial charge < -0.3 is 21.3 Å². The van der Waals surface area contributed by atoms with Gasteiger partial charge in [0.15, 0.2) is 0 Å². The number of rotatable bonds is 3. The minimum atomic E-state index is -0.368. The van der Waals surface area contributed by atoms with Crippen molar-refractivity contribution in [2.45, 2.75) is 12.5 Å². The van der Waals surface area contributed by atoms with Crippen LogP contribution in [0.1, 0.15) is 5.56 Å². The van der Waals surface area contributed by atoms with E-state index in [0.717, 1.165) is 70.9 Å². The van der Waals surface area contributed by atoms with Crippen LogP contribution in [0.5, 0.6) is 0 Å².